The van der Waals surface area contributed by atoms with Crippen LogP contribution in [0.2, 0.25) is 0 Å². The Balaban J connectivity index is 1.73. The Morgan fingerprint density at radius 1 is 1.14 bits per heavy atom. The van der Waals surface area contributed by atoms with Crippen LogP contribution < -0.4 is 5.32 Å². The van der Waals surface area contributed by atoms with Crippen molar-refractivity contribution in [1.29, 1.82) is 0 Å². The molecule has 3 unspecified atom stereocenters. The van der Waals surface area contributed by atoms with Gasteiger partial charge in [0.05, 0.1) is 6.04 Å². The van der Waals surface area contributed by atoms with Crippen molar-refractivity contribution >= 4 is 23.8 Å². The van der Waals surface area contributed by atoms with Gasteiger partial charge in [0.1, 0.15) is 6.04 Å². The summed E-state index contributed by atoms with van der Waals surface area (Å²) in [6, 6.07) is 6.39. The van der Waals surface area contributed by atoms with Gasteiger partial charge < -0.3 is 10.2 Å². The van der Waals surface area contributed by atoms with Gasteiger partial charge in [0.15, 0.2) is 6.04 Å². The molecule has 1 aromatic carbocycles. The van der Waals surface area contributed by atoms with Gasteiger partial charge in [-0.05, 0) is 24.8 Å². The number of benzene rings is 1. The van der Waals surface area contributed by atoms with Crippen molar-refractivity contribution in [3.63, 3.8) is 0 Å². The van der Waals surface area contributed by atoms with E-state index in [2.05, 4.69) is 5.32 Å². The normalized spacial score (nSPS) is 23.3. The first kappa shape index (κ1) is 19.8. The van der Waals surface area contributed by atoms with E-state index >= 15 is 0 Å². The Morgan fingerprint density at radius 3 is 2.50 bits per heavy atom. The molecule has 0 spiro atoms. The van der Waals surface area contributed by atoms with E-state index < -0.39 is 36.0 Å². The van der Waals surface area contributed by atoms with E-state index in [4.69, 9.17) is 0 Å². The van der Waals surface area contributed by atoms with E-state index in [9.17, 15) is 29.4 Å². The fourth-order valence-electron chi connectivity index (χ4n) is 3.70. The SMILES string of the molecule is O=C(O)C(CCc1ccccc1)NC1CCC(=O)N2CCC(C(=O)O)N2C1=O. The van der Waals surface area contributed by atoms with Gasteiger partial charge in [-0.1, -0.05) is 30.3 Å². The number of nitrogens with one attached hydrogen (secondary N) is 1. The molecule has 0 radical (unpaired) electrons. The van der Waals surface area contributed by atoms with Crippen LogP contribution in [-0.4, -0.2) is 68.7 Å². The highest BCUT2D eigenvalue weighted by Crippen LogP contribution is 2.25. The molecule has 3 rings (SSSR count). The summed E-state index contributed by atoms with van der Waals surface area (Å²) in [5.41, 5.74) is 0.981. The van der Waals surface area contributed by atoms with Gasteiger partial charge in [-0.2, -0.15) is 0 Å². The maximum atomic E-state index is 12.9. The lowest BCUT2D eigenvalue weighted by atomic mass is 10.0. The van der Waals surface area contributed by atoms with Crippen molar-refractivity contribution in [3.05, 3.63) is 35.9 Å². The number of carbonyl (C=O) groups excluding carboxylic acids is 2. The minimum absolute atomic E-state index is 0.0528. The second-order valence-corrected chi connectivity index (χ2v) is 7.02. The highest BCUT2D eigenvalue weighted by atomic mass is 16.4. The van der Waals surface area contributed by atoms with Crippen molar-refractivity contribution in [3.8, 4) is 0 Å². The summed E-state index contributed by atoms with van der Waals surface area (Å²) < 4.78 is 0. The minimum atomic E-state index is -1.18. The second kappa shape index (κ2) is 8.39. The Labute approximate surface area is 161 Å². The summed E-state index contributed by atoms with van der Waals surface area (Å²) in [6.07, 6.45) is 1.13. The third-order valence-corrected chi connectivity index (χ3v) is 5.18. The number of carbonyl (C=O) groups is 4. The van der Waals surface area contributed by atoms with Crippen LogP contribution in [0.4, 0.5) is 0 Å². The monoisotopic (exact) mass is 389 g/mol. The van der Waals surface area contributed by atoms with Crippen LogP contribution >= 0.6 is 0 Å². The zero-order valence-corrected chi connectivity index (χ0v) is 15.3. The Kier molecular flexibility index (Phi) is 5.93. The minimum Gasteiger partial charge on any atom is -0.480 e. The number of hydrogen-bond donors (Lipinski definition) is 3. The van der Waals surface area contributed by atoms with Gasteiger partial charge in [0.2, 0.25) is 5.91 Å². The fourth-order valence-corrected chi connectivity index (χ4v) is 3.70. The van der Waals surface area contributed by atoms with E-state index in [0.717, 1.165) is 10.6 Å². The molecule has 2 amide bonds. The molecule has 2 fully saturated rings. The zero-order chi connectivity index (χ0) is 20.3. The van der Waals surface area contributed by atoms with E-state index in [1.165, 1.54) is 5.01 Å². The number of nitrogens with zero attached hydrogens (tertiary/aromatic N) is 2. The maximum absolute atomic E-state index is 12.9. The topological polar surface area (TPSA) is 127 Å². The number of fused-ring (bicyclic) bond motifs is 1. The number of rotatable bonds is 7. The number of hydrogen-bond acceptors (Lipinski definition) is 5. The standard InChI is InChI=1S/C19H23N3O6/c23-16-9-8-13(17(24)22-15(19(27)28)10-11-21(16)22)20-14(18(25)26)7-6-12-4-2-1-3-5-12/h1-5,13-15,20H,6-11H2,(H,25,26)(H,27,28). The molecule has 2 saturated heterocycles. The van der Waals surface area contributed by atoms with Gasteiger partial charge in [-0.25, -0.2) is 9.80 Å². The lowest BCUT2D eigenvalue weighted by molar-refractivity contribution is -0.166. The molecular formula is C19H23N3O6. The lowest BCUT2D eigenvalue weighted by Gasteiger charge is -2.31. The molecule has 0 saturated carbocycles. The molecule has 0 bridgehead atoms. The smallest absolute Gasteiger partial charge is 0.328 e. The third kappa shape index (κ3) is 4.14. The molecule has 150 valence electrons. The second-order valence-electron chi connectivity index (χ2n) is 7.02. The summed E-state index contributed by atoms with van der Waals surface area (Å²) in [5.74, 6) is -3.16. The summed E-state index contributed by atoms with van der Waals surface area (Å²) >= 11 is 0. The Morgan fingerprint density at radius 2 is 1.86 bits per heavy atom. The molecule has 0 aromatic heterocycles. The predicted octanol–water partition coefficient (Wildman–Crippen LogP) is 0.254. The van der Waals surface area contributed by atoms with Crippen LogP contribution in [0.25, 0.3) is 0 Å². The van der Waals surface area contributed by atoms with Crippen LogP contribution in [0.1, 0.15) is 31.2 Å². The van der Waals surface area contributed by atoms with Crippen LogP contribution in [0.15, 0.2) is 30.3 Å². The first-order valence-electron chi connectivity index (χ1n) is 9.27. The number of aryl methyl sites for hydroxylation is 1. The quantitative estimate of drug-likeness (QED) is 0.610. The van der Waals surface area contributed by atoms with Crippen molar-refractivity contribution in [2.75, 3.05) is 6.54 Å². The zero-order valence-electron chi connectivity index (χ0n) is 15.3. The predicted molar refractivity (Wildman–Crippen MR) is 96.9 cm³/mol. The number of hydrazine groups is 1. The van der Waals surface area contributed by atoms with Gasteiger partial charge in [0, 0.05) is 19.4 Å². The fraction of sp³-hybridized carbons (Fsp3) is 0.474. The molecule has 1 aromatic rings. The van der Waals surface area contributed by atoms with E-state index in [-0.39, 0.29) is 38.1 Å². The van der Waals surface area contributed by atoms with Gasteiger partial charge >= 0.3 is 11.9 Å². The molecule has 2 aliphatic heterocycles. The Bertz CT molecular complexity index is 768. The van der Waals surface area contributed by atoms with Crippen LogP contribution in [0.3, 0.4) is 0 Å². The van der Waals surface area contributed by atoms with Gasteiger partial charge in [-0.3, -0.25) is 24.7 Å². The molecule has 3 atom stereocenters. The number of carboxylic acids is 2. The number of amides is 2. The molecule has 9 heteroatoms. The summed E-state index contributed by atoms with van der Waals surface area (Å²) in [6.45, 7) is 0.171. The molecule has 3 N–H and O–H groups in total. The molecule has 9 nitrogen and oxygen atoms in total. The maximum Gasteiger partial charge on any atom is 0.328 e. The summed E-state index contributed by atoms with van der Waals surface area (Å²) in [4.78, 5) is 48.4. The molecule has 2 heterocycles. The van der Waals surface area contributed by atoms with Crippen molar-refractivity contribution in [2.45, 2.75) is 50.2 Å². The highest BCUT2D eigenvalue weighted by Gasteiger charge is 2.46. The van der Waals surface area contributed by atoms with E-state index in [1.807, 2.05) is 30.3 Å². The van der Waals surface area contributed by atoms with E-state index in [1.54, 1.807) is 0 Å². The highest BCUT2D eigenvalue weighted by molar-refractivity contribution is 5.92. The molecule has 0 aliphatic carbocycles. The average molecular weight is 389 g/mol. The van der Waals surface area contributed by atoms with Crippen molar-refractivity contribution in [2.24, 2.45) is 0 Å². The third-order valence-electron chi connectivity index (χ3n) is 5.18. The van der Waals surface area contributed by atoms with Crippen LogP contribution in [0, 0.1) is 0 Å². The Hall–Kier alpha value is -2.94. The number of carboxylic acid groups (broad SMARTS) is 2. The largest absolute Gasteiger partial charge is 0.480 e. The van der Waals surface area contributed by atoms with Crippen molar-refractivity contribution < 1.29 is 29.4 Å². The average Bonchev–Trinajstić information content (AvgIpc) is 3.08. The lowest BCUT2D eigenvalue weighted by Crippen LogP contribution is -2.56. The van der Waals surface area contributed by atoms with Gasteiger partial charge in [-0.15, -0.1) is 0 Å². The van der Waals surface area contributed by atoms with Gasteiger partial charge in [0.25, 0.3) is 5.91 Å². The molecular weight excluding hydrogens is 366 g/mol. The van der Waals surface area contributed by atoms with Crippen LogP contribution in [-0.2, 0) is 25.6 Å². The summed E-state index contributed by atoms with van der Waals surface area (Å²) in [7, 11) is 0. The van der Waals surface area contributed by atoms with Crippen LogP contribution in [0.5, 0.6) is 0 Å². The van der Waals surface area contributed by atoms with E-state index in [0.29, 0.717) is 6.42 Å². The first-order chi connectivity index (χ1) is 13.4. The van der Waals surface area contributed by atoms with Crippen molar-refractivity contribution in [1.82, 2.24) is 15.3 Å². The first-order valence-corrected chi connectivity index (χ1v) is 9.27. The molecule has 2 aliphatic rings. The molecule has 28 heavy (non-hydrogen) atoms. The number of aliphatic carboxylic acids is 2. The summed E-state index contributed by atoms with van der Waals surface area (Å²) in [5, 5.41) is 23.9.